The molecule has 1 aliphatic rings. The molecule has 21 heavy (non-hydrogen) atoms. The van der Waals surface area contributed by atoms with Crippen LogP contribution in [0.1, 0.15) is 12.8 Å². The quantitative estimate of drug-likeness (QED) is 0.687. The maximum atomic E-state index is 12.6. The van der Waals surface area contributed by atoms with Crippen molar-refractivity contribution in [2.24, 2.45) is 0 Å². The Bertz CT molecular complexity index is 391. The van der Waals surface area contributed by atoms with Crippen molar-refractivity contribution in [3.8, 4) is 0 Å². The standard InChI is InChI=1S/C12H18F4N2O3/c1-17(2)10(20)8-4-3-5-18(8)9(19)6-21-7-12(15,16)11(13)14/h8,11H,3-7H2,1-2H3/t8-/m1/s1. The number of rotatable bonds is 6. The Balaban J connectivity index is 2.50. The van der Waals surface area contributed by atoms with Gasteiger partial charge in [0.05, 0.1) is 0 Å². The predicted molar refractivity (Wildman–Crippen MR) is 65.2 cm³/mol. The molecule has 1 aliphatic heterocycles. The highest BCUT2D eigenvalue weighted by Gasteiger charge is 2.41. The van der Waals surface area contributed by atoms with Gasteiger partial charge >= 0.3 is 12.3 Å². The van der Waals surface area contributed by atoms with Gasteiger partial charge in [-0.15, -0.1) is 0 Å². The van der Waals surface area contributed by atoms with Gasteiger partial charge in [0.2, 0.25) is 11.8 Å². The topological polar surface area (TPSA) is 49.9 Å². The number of likely N-dealkylation sites (N-methyl/N-ethyl adjacent to an activating group) is 1. The first-order valence-corrected chi connectivity index (χ1v) is 6.41. The largest absolute Gasteiger partial charge is 0.365 e. The van der Waals surface area contributed by atoms with Gasteiger partial charge in [-0.3, -0.25) is 9.59 Å². The van der Waals surface area contributed by atoms with Crippen LogP contribution in [0.4, 0.5) is 17.6 Å². The van der Waals surface area contributed by atoms with Crippen molar-refractivity contribution < 1.29 is 31.9 Å². The number of hydrogen-bond acceptors (Lipinski definition) is 3. The van der Waals surface area contributed by atoms with Gasteiger partial charge in [-0.2, -0.15) is 8.78 Å². The predicted octanol–water partition coefficient (Wildman–Crippen LogP) is 0.983. The Morgan fingerprint density at radius 2 is 2.00 bits per heavy atom. The SMILES string of the molecule is CN(C)C(=O)[C@H]1CCCN1C(=O)COCC(F)(F)C(F)F. The lowest BCUT2D eigenvalue weighted by molar-refractivity contribution is -0.171. The fourth-order valence-corrected chi connectivity index (χ4v) is 2.04. The van der Waals surface area contributed by atoms with E-state index in [4.69, 9.17) is 0 Å². The summed E-state index contributed by atoms with van der Waals surface area (Å²) in [5.41, 5.74) is 0. The summed E-state index contributed by atoms with van der Waals surface area (Å²) in [6.45, 7) is -1.96. The third-order valence-corrected chi connectivity index (χ3v) is 3.14. The maximum absolute atomic E-state index is 12.6. The minimum Gasteiger partial charge on any atom is -0.365 e. The van der Waals surface area contributed by atoms with Crippen molar-refractivity contribution in [1.29, 1.82) is 0 Å². The molecule has 1 heterocycles. The molecule has 0 aromatic carbocycles. The van der Waals surface area contributed by atoms with E-state index in [9.17, 15) is 27.2 Å². The number of amides is 2. The lowest BCUT2D eigenvalue weighted by Crippen LogP contribution is -2.47. The van der Waals surface area contributed by atoms with Gasteiger partial charge in [0.25, 0.3) is 0 Å². The van der Waals surface area contributed by atoms with E-state index in [0.29, 0.717) is 19.4 Å². The normalized spacial score (nSPS) is 19.2. The van der Waals surface area contributed by atoms with Crippen LogP contribution < -0.4 is 0 Å². The summed E-state index contributed by atoms with van der Waals surface area (Å²) in [4.78, 5) is 26.3. The minimum atomic E-state index is -4.29. The number of halogens is 4. The van der Waals surface area contributed by atoms with E-state index < -0.39 is 37.5 Å². The lowest BCUT2D eigenvalue weighted by atomic mass is 10.2. The van der Waals surface area contributed by atoms with Crippen LogP contribution in [0.3, 0.4) is 0 Å². The number of likely N-dealkylation sites (tertiary alicyclic amines) is 1. The van der Waals surface area contributed by atoms with E-state index in [1.165, 1.54) is 9.80 Å². The highest BCUT2D eigenvalue weighted by Crippen LogP contribution is 2.23. The smallest absolute Gasteiger partial charge is 0.330 e. The van der Waals surface area contributed by atoms with E-state index in [2.05, 4.69) is 4.74 Å². The Hall–Kier alpha value is -1.38. The molecule has 9 heteroatoms. The van der Waals surface area contributed by atoms with Gasteiger partial charge in [-0.05, 0) is 12.8 Å². The van der Waals surface area contributed by atoms with Gasteiger partial charge in [-0.25, -0.2) is 8.78 Å². The van der Waals surface area contributed by atoms with Crippen LogP contribution in [-0.2, 0) is 14.3 Å². The monoisotopic (exact) mass is 314 g/mol. The second-order valence-electron chi connectivity index (χ2n) is 5.03. The minimum absolute atomic E-state index is 0.265. The van der Waals surface area contributed by atoms with Crippen molar-refractivity contribution in [3.63, 3.8) is 0 Å². The fourth-order valence-electron chi connectivity index (χ4n) is 2.04. The van der Waals surface area contributed by atoms with Crippen molar-refractivity contribution in [1.82, 2.24) is 9.80 Å². The number of ether oxygens (including phenoxy) is 1. The molecule has 1 fully saturated rings. The molecule has 0 aromatic heterocycles. The van der Waals surface area contributed by atoms with Crippen molar-refractivity contribution >= 4 is 11.8 Å². The zero-order valence-electron chi connectivity index (χ0n) is 11.8. The van der Waals surface area contributed by atoms with Crippen molar-refractivity contribution in [3.05, 3.63) is 0 Å². The molecular weight excluding hydrogens is 296 g/mol. The molecule has 0 spiro atoms. The van der Waals surface area contributed by atoms with Gasteiger partial charge < -0.3 is 14.5 Å². The van der Waals surface area contributed by atoms with Gasteiger partial charge in [0, 0.05) is 20.6 Å². The van der Waals surface area contributed by atoms with Crippen LogP contribution in [-0.4, -0.2) is 73.9 Å². The maximum Gasteiger partial charge on any atom is 0.330 e. The summed E-state index contributed by atoms with van der Waals surface area (Å²) in [5.74, 6) is -5.21. The first-order valence-electron chi connectivity index (χ1n) is 6.41. The summed E-state index contributed by atoms with van der Waals surface area (Å²) in [6, 6.07) is -0.647. The van der Waals surface area contributed by atoms with E-state index in [0.717, 1.165) is 0 Å². The molecule has 1 atom stereocenters. The van der Waals surface area contributed by atoms with Crippen LogP contribution in [0.5, 0.6) is 0 Å². The first kappa shape index (κ1) is 17.7. The number of carbonyl (C=O) groups is 2. The van der Waals surface area contributed by atoms with E-state index in [1.807, 2.05) is 0 Å². The van der Waals surface area contributed by atoms with Gasteiger partial charge in [0.1, 0.15) is 19.3 Å². The van der Waals surface area contributed by atoms with Crippen molar-refractivity contribution in [2.75, 3.05) is 33.9 Å². The highest BCUT2D eigenvalue weighted by molar-refractivity contribution is 5.88. The van der Waals surface area contributed by atoms with Crippen LogP contribution in [0.2, 0.25) is 0 Å². The molecule has 1 saturated heterocycles. The number of hydrogen-bond donors (Lipinski definition) is 0. The highest BCUT2D eigenvalue weighted by atomic mass is 19.3. The summed E-state index contributed by atoms with van der Waals surface area (Å²) in [6.07, 6.45) is -2.75. The number of alkyl halides is 4. The average Bonchev–Trinajstić information content (AvgIpc) is 2.86. The van der Waals surface area contributed by atoms with E-state index in [1.54, 1.807) is 14.1 Å². The number of carbonyl (C=O) groups excluding carboxylic acids is 2. The summed E-state index contributed by atoms with van der Waals surface area (Å²) < 4.78 is 53.5. The molecule has 0 radical (unpaired) electrons. The third-order valence-electron chi connectivity index (χ3n) is 3.14. The van der Waals surface area contributed by atoms with Crippen LogP contribution >= 0.6 is 0 Å². The van der Waals surface area contributed by atoms with Crippen molar-refractivity contribution in [2.45, 2.75) is 31.2 Å². The third kappa shape index (κ3) is 4.55. The second kappa shape index (κ2) is 7.06. The molecule has 2 amide bonds. The Morgan fingerprint density at radius 1 is 1.38 bits per heavy atom. The second-order valence-corrected chi connectivity index (χ2v) is 5.03. The Kier molecular flexibility index (Phi) is 5.94. The molecule has 1 rings (SSSR count). The molecule has 0 aromatic rings. The summed E-state index contributed by atoms with van der Waals surface area (Å²) in [5, 5.41) is 0. The lowest BCUT2D eigenvalue weighted by Gasteiger charge is -2.26. The molecule has 0 bridgehead atoms. The van der Waals surface area contributed by atoms with E-state index in [-0.39, 0.29) is 5.91 Å². The molecule has 0 saturated carbocycles. The van der Waals surface area contributed by atoms with Gasteiger partial charge in [0.15, 0.2) is 0 Å². The molecule has 5 nitrogen and oxygen atoms in total. The molecule has 0 aliphatic carbocycles. The van der Waals surface area contributed by atoms with Crippen LogP contribution in [0.25, 0.3) is 0 Å². The zero-order valence-corrected chi connectivity index (χ0v) is 11.8. The molecule has 0 N–H and O–H groups in total. The van der Waals surface area contributed by atoms with E-state index >= 15 is 0 Å². The van der Waals surface area contributed by atoms with Crippen LogP contribution in [0.15, 0.2) is 0 Å². The number of nitrogens with zero attached hydrogens (tertiary/aromatic N) is 2. The zero-order chi connectivity index (χ0) is 16.2. The summed E-state index contributed by atoms with van der Waals surface area (Å²) >= 11 is 0. The van der Waals surface area contributed by atoms with Gasteiger partial charge in [-0.1, -0.05) is 0 Å². The molecule has 122 valence electrons. The Labute approximate surface area is 119 Å². The molecule has 0 unspecified atom stereocenters. The fraction of sp³-hybridized carbons (Fsp3) is 0.833. The van der Waals surface area contributed by atoms with Crippen LogP contribution in [0, 0.1) is 0 Å². The first-order chi connectivity index (χ1) is 9.66. The summed E-state index contributed by atoms with van der Waals surface area (Å²) in [7, 11) is 3.09. The average molecular weight is 314 g/mol. The molecular formula is C12H18F4N2O3. The Morgan fingerprint density at radius 3 is 2.52 bits per heavy atom.